The van der Waals surface area contributed by atoms with Crippen molar-refractivity contribution in [3.63, 3.8) is 0 Å². The number of aromatic nitrogens is 1. The summed E-state index contributed by atoms with van der Waals surface area (Å²) in [6.45, 7) is 3.72. The molecular weight excluding hydrogens is 222 g/mol. The molecule has 2 N–H and O–H groups in total. The highest BCUT2D eigenvalue weighted by atomic mass is 16.6. The Morgan fingerprint density at radius 3 is 2.76 bits per heavy atom. The highest BCUT2D eigenvalue weighted by Gasteiger charge is 2.13. The Balaban J connectivity index is 2.79. The van der Waals surface area contributed by atoms with Crippen molar-refractivity contribution in [3.8, 4) is 0 Å². The number of anilines is 1. The van der Waals surface area contributed by atoms with Crippen LogP contribution >= 0.6 is 0 Å². The number of aliphatic hydroxyl groups excluding tert-OH is 1. The second-order valence-electron chi connectivity index (χ2n) is 3.82. The zero-order chi connectivity index (χ0) is 12.8. The van der Waals surface area contributed by atoms with Gasteiger partial charge in [0, 0.05) is 18.7 Å². The first-order chi connectivity index (χ1) is 8.08. The first kappa shape index (κ1) is 13.4. The molecule has 0 spiro atoms. The van der Waals surface area contributed by atoms with Crippen LogP contribution < -0.4 is 5.32 Å². The Morgan fingerprint density at radius 1 is 1.59 bits per heavy atom. The largest absolute Gasteiger partial charge is 0.396 e. The van der Waals surface area contributed by atoms with Gasteiger partial charge in [-0.1, -0.05) is 6.92 Å². The lowest BCUT2D eigenvalue weighted by Gasteiger charge is -2.16. The summed E-state index contributed by atoms with van der Waals surface area (Å²) in [6.07, 6.45) is 1.49. The molecule has 0 aromatic carbocycles. The fourth-order valence-corrected chi connectivity index (χ4v) is 1.57. The van der Waals surface area contributed by atoms with E-state index >= 15 is 0 Å². The van der Waals surface area contributed by atoms with E-state index in [-0.39, 0.29) is 18.3 Å². The summed E-state index contributed by atoms with van der Waals surface area (Å²) < 4.78 is 0. The Labute approximate surface area is 99.8 Å². The van der Waals surface area contributed by atoms with Gasteiger partial charge in [-0.15, -0.1) is 0 Å². The minimum Gasteiger partial charge on any atom is -0.396 e. The summed E-state index contributed by atoms with van der Waals surface area (Å²) in [5, 5.41) is 22.6. The monoisotopic (exact) mass is 239 g/mol. The molecule has 0 fully saturated rings. The SMILES string of the molecule is CCC(CCO)Nc1ccc([N+](=O)[O-])c(C)n1. The fraction of sp³-hybridized carbons (Fsp3) is 0.545. The highest BCUT2D eigenvalue weighted by molar-refractivity contribution is 5.45. The molecule has 1 rings (SSSR count). The van der Waals surface area contributed by atoms with Crippen LogP contribution in [0, 0.1) is 17.0 Å². The summed E-state index contributed by atoms with van der Waals surface area (Å²) in [7, 11) is 0. The van der Waals surface area contributed by atoms with Gasteiger partial charge in [0.15, 0.2) is 0 Å². The molecule has 1 aromatic heterocycles. The van der Waals surface area contributed by atoms with Crippen LogP contribution in [0.25, 0.3) is 0 Å². The molecule has 1 heterocycles. The number of hydrogen-bond donors (Lipinski definition) is 2. The number of nitrogens with one attached hydrogen (secondary N) is 1. The lowest BCUT2D eigenvalue weighted by molar-refractivity contribution is -0.385. The first-order valence-electron chi connectivity index (χ1n) is 5.58. The van der Waals surface area contributed by atoms with Gasteiger partial charge in [-0.05, 0) is 25.8 Å². The molecule has 0 aliphatic carbocycles. The first-order valence-corrected chi connectivity index (χ1v) is 5.58. The van der Waals surface area contributed by atoms with Crippen molar-refractivity contribution >= 4 is 11.5 Å². The maximum absolute atomic E-state index is 10.6. The van der Waals surface area contributed by atoms with Crippen LogP contribution in [0.4, 0.5) is 11.5 Å². The van der Waals surface area contributed by atoms with E-state index in [1.165, 1.54) is 6.07 Å². The van der Waals surface area contributed by atoms with E-state index in [0.29, 0.717) is 17.9 Å². The van der Waals surface area contributed by atoms with Crippen LogP contribution in [-0.2, 0) is 0 Å². The Bertz CT molecular complexity index is 396. The van der Waals surface area contributed by atoms with E-state index in [1.807, 2.05) is 6.92 Å². The summed E-state index contributed by atoms with van der Waals surface area (Å²) in [6, 6.07) is 3.16. The second-order valence-corrected chi connectivity index (χ2v) is 3.82. The summed E-state index contributed by atoms with van der Waals surface area (Å²) in [4.78, 5) is 14.3. The van der Waals surface area contributed by atoms with Gasteiger partial charge in [0.1, 0.15) is 11.5 Å². The average Bonchev–Trinajstić information content (AvgIpc) is 2.28. The van der Waals surface area contributed by atoms with Gasteiger partial charge in [-0.3, -0.25) is 10.1 Å². The lowest BCUT2D eigenvalue weighted by atomic mass is 10.1. The highest BCUT2D eigenvalue weighted by Crippen LogP contribution is 2.18. The van der Waals surface area contributed by atoms with Crippen LogP contribution in [0.2, 0.25) is 0 Å². The fourth-order valence-electron chi connectivity index (χ4n) is 1.57. The molecule has 0 aliphatic heterocycles. The molecule has 0 bridgehead atoms. The summed E-state index contributed by atoms with van der Waals surface area (Å²) in [5.41, 5.74) is 0.407. The standard InChI is InChI=1S/C11H17N3O3/c1-3-9(6-7-15)13-11-5-4-10(14(16)17)8(2)12-11/h4-5,9,15H,3,6-7H2,1-2H3,(H,12,13). The number of aliphatic hydroxyl groups is 1. The van der Waals surface area contributed by atoms with Crippen molar-refractivity contribution in [2.24, 2.45) is 0 Å². The van der Waals surface area contributed by atoms with Crippen LogP contribution in [0.15, 0.2) is 12.1 Å². The number of aryl methyl sites for hydroxylation is 1. The van der Waals surface area contributed by atoms with Gasteiger partial charge in [0.25, 0.3) is 5.69 Å². The van der Waals surface area contributed by atoms with Crippen molar-refractivity contribution < 1.29 is 10.0 Å². The Kier molecular flexibility index (Phi) is 4.84. The molecule has 6 heteroatoms. The van der Waals surface area contributed by atoms with Gasteiger partial charge < -0.3 is 10.4 Å². The van der Waals surface area contributed by atoms with Crippen LogP contribution in [-0.4, -0.2) is 27.7 Å². The van der Waals surface area contributed by atoms with Gasteiger partial charge in [-0.2, -0.15) is 0 Å². The third-order valence-corrected chi connectivity index (χ3v) is 2.58. The van der Waals surface area contributed by atoms with Gasteiger partial charge >= 0.3 is 0 Å². The van der Waals surface area contributed by atoms with Crippen molar-refractivity contribution in [2.45, 2.75) is 32.7 Å². The third kappa shape index (κ3) is 3.67. The van der Waals surface area contributed by atoms with E-state index in [2.05, 4.69) is 10.3 Å². The van der Waals surface area contributed by atoms with Crippen molar-refractivity contribution in [1.29, 1.82) is 0 Å². The number of nitro groups is 1. The van der Waals surface area contributed by atoms with Crippen molar-refractivity contribution in [2.75, 3.05) is 11.9 Å². The summed E-state index contributed by atoms with van der Waals surface area (Å²) in [5.74, 6) is 0.605. The van der Waals surface area contributed by atoms with E-state index in [0.717, 1.165) is 6.42 Å². The minimum absolute atomic E-state index is 0.0192. The van der Waals surface area contributed by atoms with E-state index in [9.17, 15) is 10.1 Å². The predicted molar refractivity (Wildman–Crippen MR) is 65.0 cm³/mol. The average molecular weight is 239 g/mol. The summed E-state index contributed by atoms with van der Waals surface area (Å²) >= 11 is 0. The molecular formula is C11H17N3O3. The number of hydrogen-bond acceptors (Lipinski definition) is 5. The maximum atomic E-state index is 10.6. The minimum atomic E-state index is -0.447. The Morgan fingerprint density at radius 2 is 2.29 bits per heavy atom. The smallest absolute Gasteiger partial charge is 0.290 e. The molecule has 0 saturated heterocycles. The molecule has 17 heavy (non-hydrogen) atoms. The molecule has 0 amide bonds. The van der Waals surface area contributed by atoms with Crippen LogP contribution in [0.1, 0.15) is 25.5 Å². The van der Waals surface area contributed by atoms with Crippen LogP contribution in [0.5, 0.6) is 0 Å². The second kappa shape index (κ2) is 6.15. The lowest BCUT2D eigenvalue weighted by Crippen LogP contribution is -2.20. The third-order valence-electron chi connectivity index (χ3n) is 2.58. The molecule has 1 atom stereocenters. The topological polar surface area (TPSA) is 88.3 Å². The Hall–Kier alpha value is -1.69. The molecule has 6 nitrogen and oxygen atoms in total. The van der Waals surface area contributed by atoms with E-state index in [4.69, 9.17) is 5.11 Å². The predicted octanol–water partition coefficient (Wildman–Crippen LogP) is 1.87. The maximum Gasteiger partial charge on any atom is 0.290 e. The molecule has 1 unspecified atom stereocenters. The van der Waals surface area contributed by atoms with Gasteiger partial charge in [-0.25, -0.2) is 4.98 Å². The zero-order valence-corrected chi connectivity index (χ0v) is 10.0. The molecule has 94 valence electrons. The molecule has 0 saturated carbocycles. The van der Waals surface area contributed by atoms with Crippen molar-refractivity contribution in [1.82, 2.24) is 4.98 Å². The van der Waals surface area contributed by atoms with Crippen LogP contribution in [0.3, 0.4) is 0 Å². The van der Waals surface area contributed by atoms with E-state index in [1.54, 1.807) is 13.0 Å². The number of rotatable bonds is 6. The van der Waals surface area contributed by atoms with Gasteiger partial charge in [0.05, 0.1) is 4.92 Å². The molecule has 0 aliphatic rings. The quantitative estimate of drug-likeness (QED) is 0.584. The van der Waals surface area contributed by atoms with E-state index < -0.39 is 4.92 Å². The molecule has 1 aromatic rings. The normalized spacial score (nSPS) is 12.2. The zero-order valence-electron chi connectivity index (χ0n) is 10.0. The number of nitrogens with zero attached hydrogens (tertiary/aromatic N) is 2. The van der Waals surface area contributed by atoms with Gasteiger partial charge in [0.2, 0.25) is 0 Å². The van der Waals surface area contributed by atoms with Crippen molar-refractivity contribution in [3.05, 3.63) is 27.9 Å². The number of pyridine rings is 1. The molecule has 0 radical (unpaired) electrons.